The first-order chi connectivity index (χ1) is 24.8. The predicted molar refractivity (Wildman–Crippen MR) is 196 cm³/mol. The number of piperidine rings is 1. The van der Waals surface area contributed by atoms with Gasteiger partial charge in [-0.15, -0.1) is 11.3 Å². The zero-order chi connectivity index (χ0) is 35.5. The van der Waals surface area contributed by atoms with Crippen LogP contribution >= 0.6 is 11.3 Å². The van der Waals surface area contributed by atoms with Crippen molar-refractivity contribution in [3.8, 4) is 33.2 Å². The number of nitrogens with one attached hydrogen (secondary N) is 2. The van der Waals surface area contributed by atoms with Gasteiger partial charge in [-0.1, -0.05) is 6.07 Å². The smallest absolute Gasteiger partial charge is 0.255 e. The summed E-state index contributed by atoms with van der Waals surface area (Å²) < 4.78 is 18.5. The maximum absolute atomic E-state index is 12.9. The SMILES string of the molecule is COc1cc(-c2ccc(N(C)C)nc2)ccc1-c1nc2ccc(NCCOCCOc3ccc4c(c3)CN(C3CCC(=O)NC3=O)C4=O)cc2s1. The van der Waals surface area contributed by atoms with Crippen LogP contribution in [0.4, 0.5) is 11.5 Å². The third-order valence-electron chi connectivity index (χ3n) is 8.93. The maximum Gasteiger partial charge on any atom is 0.255 e. The van der Waals surface area contributed by atoms with Gasteiger partial charge in [0.25, 0.3) is 5.91 Å². The molecule has 1 unspecified atom stereocenters. The third-order valence-corrected chi connectivity index (χ3v) is 9.98. The highest BCUT2D eigenvalue weighted by Crippen LogP contribution is 2.39. The number of hydrogen-bond acceptors (Lipinski definition) is 11. The molecule has 1 saturated heterocycles. The molecule has 1 fully saturated rings. The molecule has 12 nitrogen and oxygen atoms in total. The monoisotopic (exact) mass is 706 g/mol. The number of amides is 3. The van der Waals surface area contributed by atoms with E-state index in [4.69, 9.17) is 19.2 Å². The van der Waals surface area contributed by atoms with Crippen molar-refractivity contribution in [1.29, 1.82) is 0 Å². The lowest BCUT2D eigenvalue weighted by Crippen LogP contribution is -2.52. The highest BCUT2D eigenvalue weighted by molar-refractivity contribution is 7.21. The number of fused-ring (bicyclic) bond motifs is 2. The lowest BCUT2D eigenvalue weighted by atomic mass is 10.0. The molecule has 0 radical (unpaired) electrons. The van der Waals surface area contributed by atoms with E-state index in [9.17, 15) is 14.4 Å². The number of imide groups is 1. The molecule has 2 aromatic heterocycles. The van der Waals surface area contributed by atoms with Crippen molar-refractivity contribution >= 4 is 50.8 Å². The third kappa shape index (κ3) is 7.35. The van der Waals surface area contributed by atoms with Gasteiger partial charge in [-0.2, -0.15) is 0 Å². The fraction of sp³-hybridized carbons (Fsp3) is 0.289. The average molecular weight is 707 g/mol. The number of pyridine rings is 1. The Kier molecular flexibility index (Phi) is 9.82. The van der Waals surface area contributed by atoms with Gasteiger partial charge in [-0.3, -0.25) is 19.7 Å². The molecule has 51 heavy (non-hydrogen) atoms. The minimum absolute atomic E-state index is 0.206. The molecule has 3 aromatic carbocycles. The van der Waals surface area contributed by atoms with E-state index in [1.165, 1.54) is 4.90 Å². The van der Waals surface area contributed by atoms with Crippen LogP contribution in [0.15, 0.2) is 72.9 Å². The van der Waals surface area contributed by atoms with Crippen LogP contribution in [0.5, 0.6) is 11.5 Å². The van der Waals surface area contributed by atoms with Crippen molar-refractivity contribution in [3.63, 3.8) is 0 Å². The van der Waals surface area contributed by atoms with E-state index in [0.29, 0.717) is 50.6 Å². The number of aromatic nitrogens is 2. The van der Waals surface area contributed by atoms with Crippen molar-refractivity contribution in [2.75, 3.05) is 57.8 Å². The van der Waals surface area contributed by atoms with Crippen molar-refractivity contribution in [1.82, 2.24) is 20.2 Å². The molecule has 2 N–H and O–H groups in total. The largest absolute Gasteiger partial charge is 0.496 e. The number of ether oxygens (including phenoxy) is 3. The van der Waals surface area contributed by atoms with Crippen LogP contribution in [0.2, 0.25) is 0 Å². The summed E-state index contributed by atoms with van der Waals surface area (Å²) >= 11 is 1.62. The van der Waals surface area contributed by atoms with Crippen LogP contribution in [0.3, 0.4) is 0 Å². The number of methoxy groups -OCH3 is 1. The molecule has 0 spiro atoms. The van der Waals surface area contributed by atoms with Gasteiger partial charge in [0, 0.05) is 56.6 Å². The van der Waals surface area contributed by atoms with Crippen LogP contribution in [-0.2, 0) is 20.9 Å². The van der Waals surface area contributed by atoms with E-state index < -0.39 is 11.9 Å². The summed E-state index contributed by atoms with van der Waals surface area (Å²) in [5, 5.41) is 6.63. The standard InChI is InChI=1S/C38H38N6O6S/c1-43(2)34-12-5-24(21-40-34)23-4-8-29(32(19-23)48-3)37-41-30-10-6-26(20-33(30)51-37)39-14-15-49-16-17-50-27-7-9-28-25(18-27)22-44(38(28)47)31-11-13-35(45)42-36(31)46/h4-10,12,18-21,31,39H,11,13-17,22H2,1-3H3,(H,42,45,46). The molecule has 4 heterocycles. The summed E-state index contributed by atoms with van der Waals surface area (Å²) in [6, 6.07) is 21.0. The number of hydrogen-bond donors (Lipinski definition) is 2. The van der Waals surface area contributed by atoms with E-state index >= 15 is 0 Å². The molecule has 2 aliphatic heterocycles. The molecule has 262 valence electrons. The summed E-state index contributed by atoms with van der Waals surface area (Å²) in [7, 11) is 5.62. The van der Waals surface area contributed by atoms with Crippen LogP contribution in [-0.4, -0.2) is 86.2 Å². The number of benzene rings is 3. The molecular formula is C38H38N6O6S. The summed E-state index contributed by atoms with van der Waals surface area (Å²) in [5.41, 5.74) is 6.23. The van der Waals surface area contributed by atoms with Gasteiger partial charge in [0.15, 0.2) is 0 Å². The Morgan fingerprint density at radius 3 is 2.59 bits per heavy atom. The van der Waals surface area contributed by atoms with Gasteiger partial charge in [0.2, 0.25) is 11.8 Å². The van der Waals surface area contributed by atoms with E-state index in [1.54, 1.807) is 30.6 Å². The molecule has 2 aliphatic rings. The Morgan fingerprint density at radius 1 is 0.961 bits per heavy atom. The fourth-order valence-electron chi connectivity index (χ4n) is 6.25. The van der Waals surface area contributed by atoms with E-state index in [2.05, 4.69) is 39.9 Å². The molecule has 0 bridgehead atoms. The predicted octanol–water partition coefficient (Wildman–Crippen LogP) is 5.37. The number of carbonyl (C=O) groups is 3. The normalized spacial score (nSPS) is 15.5. The zero-order valence-electron chi connectivity index (χ0n) is 28.6. The lowest BCUT2D eigenvalue weighted by Gasteiger charge is -2.29. The molecular weight excluding hydrogens is 669 g/mol. The number of rotatable bonds is 13. The summed E-state index contributed by atoms with van der Waals surface area (Å²) in [4.78, 5) is 49.6. The Balaban J connectivity index is 0.879. The average Bonchev–Trinajstić information content (AvgIpc) is 3.71. The molecule has 0 aliphatic carbocycles. The maximum atomic E-state index is 12.9. The quantitative estimate of drug-likeness (QED) is 0.122. The lowest BCUT2D eigenvalue weighted by molar-refractivity contribution is -0.136. The second kappa shape index (κ2) is 14.8. The summed E-state index contributed by atoms with van der Waals surface area (Å²) in [6.45, 7) is 2.17. The highest BCUT2D eigenvalue weighted by atomic mass is 32.1. The number of carbonyl (C=O) groups excluding carboxylic acids is 3. The highest BCUT2D eigenvalue weighted by Gasteiger charge is 2.39. The van der Waals surface area contributed by atoms with Gasteiger partial charge >= 0.3 is 0 Å². The first-order valence-electron chi connectivity index (χ1n) is 16.7. The van der Waals surface area contributed by atoms with Crippen molar-refractivity contribution < 1.29 is 28.6 Å². The van der Waals surface area contributed by atoms with E-state index in [-0.39, 0.29) is 18.2 Å². The molecule has 0 saturated carbocycles. The zero-order valence-corrected chi connectivity index (χ0v) is 29.4. The Hall–Kier alpha value is -5.53. The van der Waals surface area contributed by atoms with Crippen LogP contribution in [0.25, 0.3) is 31.9 Å². The molecule has 13 heteroatoms. The number of nitrogens with zero attached hydrogens (tertiary/aromatic N) is 4. The van der Waals surface area contributed by atoms with E-state index in [1.807, 2.05) is 55.5 Å². The summed E-state index contributed by atoms with van der Waals surface area (Å²) in [6.07, 6.45) is 2.43. The molecule has 3 amide bonds. The van der Waals surface area contributed by atoms with Crippen LogP contribution in [0, 0.1) is 0 Å². The van der Waals surface area contributed by atoms with Crippen LogP contribution < -0.4 is 25.0 Å². The summed E-state index contributed by atoms with van der Waals surface area (Å²) in [5.74, 6) is 1.36. The number of thiazole rings is 1. The van der Waals surface area contributed by atoms with E-state index in [0.717, 1.165) is 54.7 Å². The van der Waals surface area contributed by atoms with Gasteiger partial charge in [0.05, 0.1) is 36.1 Å². The Labute approximate surface area is 299 Å². The topological polar surface area (TPSA) is 135 Å². The van der Waals surface area contributed by atoms with Gasteiger partial charge in [0.1, 0.15) is 35.0 Å². The van der Waals surface area contributed by atoms with Crippen molar-refractivity contribution in [2.24, 2.45) is 0 Å². The second-order valence-electron chi connectivity index (χ2n) is 12.5. The molecule has 1 atom stereocenters. The molecule has 7 rings (SSSR count). The molecule has 5 aromatic rings. The minimum Gasteiger partial charge on any atom is -0.496 e. The Bertz CT molecular complexity index is 2100. The first kappa shape index (κ1) is 33.9. The van der Waals surface area contributed by atoms with Gasteiger partial charge in [-0.05, 0) is 78.2 Å². The van der Waals surface area contributed by atoms with Crippen molar-refractivity contribution in [2.45, 2.75) is 25.4 Å². The van der Waals surface area contributed by atoms with Crippen molar-refractivity contribution in [3.05, 3.63) is 84.1 Å². The Morgan fingerprint density at radius 2 is 1.80 bits per heavy atom. The first-order valence-corrected chi connectivity index (χ1v) is 17.5. The second-order valence-corrected chi connectivity index (χ2v) is 13.6. The van der Waals surface area contributed by atoms with Gasteiger partial charge in [-0.25, -0.2) is 9.97 Å². The van der Waals surface area contributed by atoms with Gasteiger partial charge < -0.3 is 29.3 Å². The van der Waals surface area contributed by atoms with Crippen LogP contribution in [0.1, 0.15) is 28.8 Å². The number of anilines is 2. The minimum atomic E-state index is -0.640. The fourth-order valence-corrected chi connectivity index (χ4v) is 7.28.